The standard InChI is InChI=1S/C9H7N3O7/c1-4-6(8(13)10-9(14)15)2-5(11(16)17)3-7(4)12(18)19/h2-3H,1H3,(H,10,13)(H,14,15). The quantitative estimate of drug-likeness (QED) is 0.617. The van der Waals surface area contributed by atoms with Crippen LogP contribution >= 0.6 is 0 Å². The van der Waals surface area contributed by atoms with E-state index >= 15 is 0 Å². The first kappa shape index (κ1) is 14.0. The third-order valence-electron chi connectivity index (χ3n) is 2.24. The third kappa shape index (κ3) is 3.00. The van der Waals surface area contributed by atoms with E-state index in [0.717, 1.165) is 6.07 Å². The maximum atomic E-state index is 11.5. The van der Waals surface area contributed by atoms with Crippen LogP contribution in [0.5, 0.6) is 0 Å². The molecular formula is C9H7N3O7. The van der Waals surface area contributed by atoms with Crippen molar-refractivity contribution in [2.24, 2.45) is 0 Å². The van der Waals surface area contributed by atoms with Crippen molar-refractivity contribution in [3.8, 4) is 0 Å². The summed E-state index contributed by atoms with van der Waals surface area (Å²) in [5.41, 5.74) is -1.91. The molecule has 0 aliphatic carbocycles. The molecule has 10 heteroatoms. The first-order valence-electron chi connectivity index (χ1n) is 4.71. The van der Waals surface area contributed by atoms with Gasteiger partial charge in [-0.05, 0) is 6.92 Å². The molecule has 0 heterocycles. The number of imide groups is 1. The van der Waals surface area contributed by atoms with E-state index in [4.69, 9.17) is 5.11 Å². The Hall–Kier alpha value is -3.04. The highest BCUT2D eigenvalue weighted by Gasteiger charge is 2.25. The van der Waals surface area contributed by atoms with Gasteiger partial charge in [-0.15, -0.1) is 0 Å². The Morgan fingerprint density at radius 1 is 1.21 bits per heavy atom. The summed E-state index contributed by atoms with van der Waals surface area (Å²) in [5, 5.41) is 31.2. The van der Waals surface area contributed by atoms with Crippen LogP contribution in [0, 0.1) is 27.2 Å². The lowest BCUT2D eigenvalue weighted by Crippen LogP contribution is -2.29. The molecule has 2 amide bonds. The monoisotopic (exact) mass is 269 g/mol. The summed E-state index contributed by atoms with van der Waals surface area (Å²) in [6.45, 7) is 1.19. The minimum atomic E-state index is -1.67. The van der Waals surface area contributed by atoms with Crippen molar-refractivity contribution in [3.63, 3.8) is 0 Å². The van der Waals surface area contributed by atoms with E-state index < -0.39 is 38.8 Å². The van der Waals surface area contributed by atoms with E-state index in [0.29, 0.717) is 6.07 Å². The molecule has 0 spiro atoms. The minimum Gasteiger partial charge on any atom is -0.465 e. The number of nitro benzene ring substituents is 2. The van der Waals surface area contributed by atoms with Crippen molar-refractivity contribution in [2.75, 3.05) is 0 Å². The number of hydrogen-bond acceptors (Lipinski definition) is 6. The van der Waals surface area contributed by atoms with Crippen LogP contribution in [0.1, 0.15) is 15.9 Å². The zero-order valence-electron chi connectivity index (χ0n) is 9.45. The summed E-state index contributed by atoms with van der Waals surface area (Å²) in [7, 11) is 0. The molecule has 1 aromatic carbocycles. The smallest absolute Gasteiger partial charge is 0.411 e. The highest BCUT2D eigenvalue weighted by Crippen LogP contribution is 2.27. The van der Waals surface area contributed by atoms with Gasteiger partial charge >= 0.3 is 6.09 Å². The number of carbonyl (C=O) groups is 2. The van der Waals surface area contributed by atoms with Gasteiger partial charge in [0.2, 0.25) is 0 Å². The zero-order chi connectivity index (χ0) is 14.7. The molecule has 0 saturated heterocycles. The van der Waals surface area contributed by atoms with Crippen LogP contribution in [0.3, 0.4) is 0 Å². The maximum Gasteiger partial charge on any atom is 0.411 e. The second-order valence-corrected chi connectivity index (χ2v) is 3.41. The van der Waals surface area contributed by atoms with Crippen LogP contribution in [0.4, 0.5) is 16.2 Å². The van der Waals surface area contributed by atoms with Crippen LogP contribution in [-0.4, -0.2) is 27.0 Å². The molecule has 19 heavy (non-hydrogen) atoms. The summed E-state index contributed by atoms with van der Waals surface area (Å²) in [6.07, 6.45) is -1.67. The van der Waals surface area contributed by atoms with E-state index in [1.807, 2.05) is 0 Å². The predicted molar refractivity (Wildman–Crippen MR) is 60.0 cm³/mol. The first-order valence-corrected chi connectivity index (χ1v) is 4.71. The molecule has 0 atom stereocenters. The summed E-state index contributed by atoms with van der Waals surface area (Å²) in [6, 6.07) is 1.48. The van der Waals surface area contributed by atoms with Crippen LogP contribution in [-0.2, 0) is 0 Å². The molecule has 10 nitrogen and oxygen atoms in total. The number of benzene rings is 1. The maximum absolute atomic E-state index is 11.5. The van der Waals surface area contributed by atoms with Gasteiger partial charge in [0.1, 0.15) is 0 Å². The normalized spacial score (nSPS) is 9.74. The number of hydrogen-bond donors (Lipinski definition) is 2. The number of carbonyl (C=O) groups excluding carboxylic acids is 1. The lowest BCUT2D eigenvalue weighted by Gasteiger charge is -2.05. The first-order chi connectivity index (χ1) is 8.73. The fraction of sp³-hybridized carbons (Fsp3) is 0.111. The molecule has 0 unspecified atom stereocenters. The van der Waals surface area contributed by atoms with Gasteiger partial charge in [-0.25, -0.2) is 4.79 Å². The van der Waals surface area contributed by atoms with E-state index in [9.17, 15) is 29.8 Å². The SMILES string of the molecule is Cc1c(C(=O)NC(=O)O)cc([N+](=O)[O-])cc1[N+](=O)[O-]. The van der Waals surface area contributed by atoms with E-state index in [1.165, 1.54) is 12.2 Å². The van der Waals surface area contributed by atoms with Gasteiger partial charge in [0.05, 0.1) is 21.5 Å². The average Bonchev–Trinajstić information content (AvgIpc) is 2.27. The average molecular weight is 269 g/mol. The number of non-ortho nitro benzene ring substituents is 1. The Morgan fingerprint density at radius 2 is 1.79 bits per heavy atom. The van der Waals surface area contributed by atoms with E-state index in [1.54, 1.807) is 0 Å². The van der Waals surface area contributed by atoms with Crippen LogP contribution in [0.2, 0.25) is 0 Å². The Balaban J connectivity index is 3.45. The van der Waals surface area contributed by atoms with Crippen molar-refractivity contribution >= 4 is 23.4 Å². The summed E-state index contributed by atoms with van der Waals surface area (Å²) in [4.78, 5) is 41.4. The molecular weight excluding hydrogens is 262 g/mol. The van der Waals surface area contributed by atoms with Crippen molar-refractivity contribution in [3.05, 3.63) is 43.5 Å². The number of amides is 2. The molecule has 0 radical (unpaired) electrons. The van der Waals surface area contributed by atoms with Gasteiger partial charge in [-0.2, -0.15) is 0 Å². The lowest BCUT2D eigenvalue weighted by atomic mass is 10.0. The van der Waals surface area contributed by atoms with Gasteiger partial charge in [0, 0.05) is 11.6 Å². The zero-order valence-corrected chi connectivity index (χ0v) is 9.45. The predicted octanol–water partition coefficient (Wildman–Crippen LogP) is 1.22. The van der Waals surface area contributed by atoms with Crippen molar-refractivity contribution in [1.29, 1.82) is 0 Å². The largest absolute Gasteiger partial charge is 0.465 e. The molecule has 100 valence electrons. The third-order valence-corrected chi connectivity index (χ3v) is 2.24. The molecule has 0 aliphatic rings. The highest BCUT2D eigenvalue weighted by molar-refractivity contribution is 6.04. The summed E-state index contributed by atoms with van der Waals surface area (Å²) >= 11 is 0. The molecule has 0 fully saturated rings. The molecule has 0 aliphatic heterocycles. The number of carboxylic acid groups (broad SMARTS) is 1. The Labute approximate surface area is 104 Å². The number of nitrogens with one attached hydrogen (secondary N) is 1. The topological polar surface area (TPSA) is 153 Å². The molecule has 2 N–H and O–H groups in total. The van der Waals surface area contributed by atoms with Crippen molar-refractivity contribution < 1.29 is 24.5 Å². The van der Waals surface area contributed by atoms with Gasteiger partial charge in [-0.1, -0.05) is 0 Å². The Bertz CT molecular complexity index is 596. The fourth-order valence-corrected chi connectivity index (χ4v) is 1.38. The fourth-order valence-electron chi connectivity index (χ4n) is 1.38. The van der Waals surface area contributed by atoms with Crippen molar-refractivity contribution in [1.82, 2.24) is 5.32 Å². The lowest BCUT2D eigenvalue weighted by molar-refractivity contribution is -0.394. The van der Waals surface area contributed by atoms with Gasteiger partial charge < -0.3 is 5.11 Å². The van der Waals surface area contributed by atoms with Crippen LogP contribution in [0.25, 0.3) is 0 Å². The highest BCUT2D eigenvalue weighted by atomic mass is 16.6. The van der Waals surface area contributed by atoms with E-state index in [-0.39, 0.29) is 5.56 Å². The molecule has 0 bridgehead atoms. The molecule has 1 aromatic rings. The summed E-state index contributed by atoms with van der Waals surface area (Å²) < 4.78 is 0. The second kappa shape index (κ2) is 5.08. The Morgan fingerprint density at radius 3 is 2.21 bits per heavy atom. The molecule has 1 rings (SSSR count). The number of nitrogens with zero attached hydrogens (tertiary/aromatic N) is 2. The second-order valence-electron chi connectivity index (χ2n) is 3.41. The Kier molecular flexibility index (Phi) is 3.75. The summed E-state index contributed by atoms with van der Waals surface area (Å²) in [5.74, 6) is -1.17. The minimum absolute atomic E-state index is 0.158. The molecule has 0 aromatic heterocycles. The van der Waals surface area contributed by atoms with Gasteiger partial charge in [0.25, 0.3) is 17.3 Å². The van der Waals surface area contributed by atoms with E-state index in [2.05, 4.69) is 0 Å². The number of rotatable bonds is 3. The van der Waals surface area contributed by atoms with Crippen LogP contribution in [0.15, 0.2) is 12.1 Å². The van der Waals surface area contributed by atoms with Crippen molar-refractivity contribution in [2.45, 2.75) is 6.92 Å². The molecule has 0 saturated carbocycles. The van der Waals surface area contributed by atoms with Gasteiger partial charge in [-0.3, -0.25) is 30.3 Å². The van der Waals surface area contributed by atoms with Gasteiger partial charge in [0.15, 0.2) is 0 Å². The van der Waals surface area contributed by atoms with Crippen LogP contribution < -0.4 is 5.32 Å². The number of nitro groups is 2.